The number of nitrogens with one attached hydrogen (secondary N) is 1. The van der Waals surface area contributed by atoms with E-state index in [1.165, 1.54) is 50.9 Å². The smallest absolute Gasteiger partial charge is 0.410 e. The summed E-state index contributed by atoms with van der Waals surface area (Å²) in [4.78, 5) is 31.7. The van der Waals surface area contributed by atoms with Crippen LogP contribution in [0.3, 0.4) is 0 Å². The van der Waals surface area contributed by atoms with Gasteiger partial charge in [-0.05, 0) is 68.8 Å². The van der Waals surface area contributed by atoms with Gasteiger partial charge in [0.2, 0.25) is 0 Å². The lowest BCUT2D eigenvalue weighted by Gasteiger charge is -2.46. The van der Waals surface area contributed by atoms with Crippen molar-refractivity contribution in [1.82, 2.24) is 29.3 Å². The van der Waals surface area contributed by atoms with E-state index in [1.807, 2.05) is 0 Å². The number of hydrogen-bond acceptors (Lipinski definition) is 10. The summed E-state index contributed by atoms with van der Waals surface area (Å²) in [5, 5.41) is 22.8. The fourth-order valence-electron chi connectivity index (χ4n) is 5.73. The highest BCUT2D eigenvalue weighted by atomic mass is 28.3. The molecule has 1 aliphatic heterocycles. The second kappa shape index (κ2) is 15.2. The molecular weight excluding hydrogens is 721 g/mol. The molecule has 0 atom stereocenters. The van der Waals surface area contributed by atoms with Crippen molar-refractivity contribution in [3.05, 3.63) is 84.4 Å². The molecule has 6 rings (SSSR count). The number of aliphatic hydroxyl groups is 1. The lowest BCUT2D eigenvalue weighted by atomic mass is 9.86. The number of carbonyl (C=O) groups excluding carboxylic acids is 2. The van der Waals surface area contributed by atoms with Gasteiger partial charge < -0.3 is 34.3 Å². The molecule has 1 saturated heterocycles. The van der Waals surface area contributed by atoms with Crippen molar-refractivity contribution in [3.8, 4) is 28.5 Å². The summed E-state index contributed by atoms with van der Waals surface area (Å²) in [7, 11) is -1.43. The predicted octanol–water partition coefficient (Wildman–Crippen LogP) is 6.99. The number of carbonyl (C=O) groups is 2. The highest BCUT2D eigenvalue weighted by molar-refractivity contribution is 6.76. The number of amides is 2. The average molecular weight is 764 g/mol. The van der Waals surface area contributed by atoms with Gasteiger partial charge in [0, 0.05) is 32.6 Å². The van der Waals surface area contributed by atoms with E-state index in [0.29, 0.717) is 23.6 Å². The first-order chi connectivity index (χ1) is 25.5. The quantitative estimate of drug-likeness (QED) is 0.0948. The van der Waals surface area contributed by atoms with E-state index in [2.05, 4.69) is 40.1 Å². The van der Waals surface area contributed by atoms with Crippen LogP contribution >= 0.6 is 0 Å². The number of halogens is 2. The van der Waals surface area contributed by atoms with E-state index in [0.717, 1.165) is 6.04 Å². The summed E-state index contributed by atoms with van der Waals surface area (Å²) >= 11 is 0. The van der Waals surface area contributed by atoms with E-state index in [1.54, 1.807) is 57.3 Å². The zero-order valence-electron chi connectivity index (χ0n) is 30.9. The van der Waals surface area contributed by atoms with Gasteiger partial charge in [-0.3, -0.25) is 4.79 Å². The SMILES string of the molecule is CC(C)(C)OC(=O)N1CC(O)(c2cccc(Oc3ccc(OC(F)F)c(-c4c(NC(=O)c5cnn6cccnc56)cnn4COCC[Si](C)(C)C)c3)c2)C1. The number of hydrogen-bond donors (Lipinski definition) is 2. The number of aromatic nitrogens is 5. The van der Waals surface area contributed by atoms with Crippen LogP contribution in [0.4, 0.5) is 19.3 Å². The van der Waals surface area contributed by atoms with Gasteiger partial charge >= 0.3 is 12.7 Å². The summed E-state index contributed by atoms with van der Waals surface area (Å²) in [5.41, 5.74) is -0.448. The molecule has 0 bridgehead atoms. The molecule has 4 heterocycles. The van der Waals surface area contributed by atoms with E-state index >= 15 is 0 Å². The van der Waals surface area contributed by atoms with E-state index in [9.17, 15) is 23.5 Å². The van der Waals surface area contributed by atoms with E-state index < -0.39 is 37.9 Å². The molecule has 0 saturated carbocycles. The van der Waals surface area contributed by atoms with Crippen LogP contribution in [0.25, 0.3) is 16.9 Å². The van der Waals surface area contributed by atoms with Gasteiger partial charge in [0.1, 0.15) is 40.7 Å². The largest absolute Gasteiger partial charge is 0.457 e. The summed E-state index contributed by atoms with van der Waals surface area (Å²) in [6.07, 6.45) is 5.45. The van der Waals surface area contributed by atoms with Crippen LogP contribution in [-0.4, -0.2) is 86.4 Å². The van der Waals surface area contributed by atoms with Crippen LogP contribution in [0, 0.1) is 0 Å². The third-order valence-electron chi connectivity index (χ3n) is 8.41. The second-order valence-corrected chi connectivity index (χ2v) is 20.8. The topological polar surface area (TPSA) is 155 Å². The minimum atomic E-state index is -3.16. The number of β-amino-alcohol motifs (C(OH)–C–C–N with tert-alkyl or cyclic N) is 1. The van der Waals surface area contributed by atoms with Crippen molar-refractivity contribution in [2.45, 2.75) is 71.0 Å². The van der Waals surface area contributed by atoms with Gasteiger partial charge in [0.15, 0.2) is 5.65 Å². The maximum atomic E-state index is 13.8. The second-order valence-electron chi connectivity index (χ2n) is 15.2. The zero-order chi connectivity index (χ0) is 38.8. The third kappa shape index (κ3) is 9.03. The summed E-state index contributed by atoms with van der Waals surface area (Å²) < 4.78 is 53.1. The molecule has 17 heteroatoms. The Morgan fingerprint density at radius 2 is 1.80 bits per heavy atom. The molecule has 0 aliphatic carbocycles. The number of benzene rings is 2. The lowest BCUT2D eigenvalue weighted by Crippen LogP contribution is -2.61. The molecule has 5 aromatic rings. The number of likely N-dealkylation sites (tertiary alicyclic amines) is 1. The van der Waals surface area contributed by atoms with Crippen LogP contribution in [-0.2, 0) is 21.8 Å². The van der Waals surface area contributed by atoms with Crippen molar-refractivity contribution in [2.24, 2.45) is 0 Å². The van der Waals surface area contributed by atoms with Crippen molar-refractivity contribution in [3.63, 3.8) is 0 Å². The molecule has 2 aromatic carbocycles. The number of rotatable bonds is 13. The Morgan fingerprint density at radius 1 is 1.04 bits per heavy atom. The molecule has 1 fully saturated rings. The molecular formula is C37H43F2N7O7Si. The van der Waals surface area contributed by atoms with E-state index in [4.69, 9.17) is 18.9 Å². The highest BCUT2D eigenvalue weighted by Gasteiger charge is 2.46. The first kappa shape index (κ1) is 38.3. The number of ether oxygens (including phenoxy) is 4. The Morgan fingerprint density at radius 3 is 2.52 bits per heavy atom. The monoisotopic (exact) mass is 763 g/mol. The zero-order valence-corrected chi connectivity index (χ0v) is 31.9. The molecule has 286 valence electrons. The van der Waals surface area contributed by atoms with Gasteiger partial charge in [-0.2, -0.15) is 19.0 Å². The van der Waals surface area contributed by atoms with Crippen molar-refractivity contribution in [1.29, 1.82) is 0 Å². The van der Waals surface area contributed by atoms with Crippen molar-refractivity contribution in [2.75, 3.05) is 25.0 Å². The molecule has 14 nitrogen and oxygen atoms in total. The molecule has 2 N–H and O–H groups in total. The fourth-order valence-corrected chi connectivity index (χ4v) is 6.49. The van der Waals surface area contributed by atoms with Gasteiger partial charge in [-0.1, -0.05) is 31.8 Å². The maximum absolute atomic E-state index is 13.8. The van der Waals surface area contributed by atoms with Crippen molar-refractivity contribution >= 4 is 31.4 Å². The Kier molecular flexibility index (Phi) is 10.8. The summed E-state index contributed by atoms with van der Waals surface area (Å²) in [5.74, 6) is -0.184. The normalized spacial score (nSPS) is 14.2. The van der Waals surface area contributed by atoms with Crippen LogP contribution in [0.1, 0.15) is 36.7 Å². The Labute approximate surface area is 311 Å². The van der Waals surface area contributed by atoms with Crippen LogP contribution in [0.5, 0.6) is 17.2 Å². The molecule has 2 amide bonds. The van der Waals surface area contributed by atoms with Crippen molar-refractivity contribution < 1.29 is 42.4 Å². The predicted molar refractivity (Wildman–Crippen MR) is 198 cm³/mol. The van der Waals surface area contributed by atoms with Gasteiger partial charge in [0.25, 0.3) is 5.91 Å². The molecule has 1 aliphatic rings. The first-order valence-corrected chi connectivity index (χ1v) is 21.0. The maximum Gasteiger partial charge on any atom is 0.410 e. The first-order valence-electron chi connectivity index (χ1n) is 17.3. The molecule has 3 aromatic heterocycles. The molecule has 0 unspecified atom stereocenters. The number of alkyl halides is 2. The van der Waals surface area contributed by atoms with Crippen LogP contribution < -0.4 is 14.8 Å². The molecule has 0 spiro atoms. The molecule has 54 heavy (non-hydrogen) atoms. The minimum absolute atomic E-state index is 0.0268. The van der Waals surface area contributed by atoms with Gasteiger partial charge in [-0.25, -0.2) is 19.0 Å². The highest BCUT2D eigenvalue weighted by Crippen LogP contribution is 2.41. The fraction of sp³-hybridized carbons (Fsp3) is 0.378. The number of nitrogens with zero attached hydrogens (tertiary/aromatic N) is 6. The lowest BCUT2D eigenvalue weighted by molar-refractivity contribution is -0.103. The molecule has 0 radical (unpaired) electrons. The van der Waals surface area contributed by atoms with Crippen LogP contribution in [0.15, 0.2) is 73.3 Å². The van der Waals surface area contributed by atoms with Crippen LogP contribution in [0.2, 0.25) is 25.7 Å². The standard InChI is InChI=1S/C37H43F2N7O7Si/c1-36(2,3)53-35(48)44-21-37(49,22-44)24-9-7-10-25(17-24)51-26-11-12-30(52-34(38)39)27(18-26)31-29(20-42-46(31)23-50-15-16-54(4,5)6)43-33(47)28-19-41-45-14-8-13-40-32(28)45/h7-14,17-20,34,49H,15-16,21-23H2,1-6H3,(H,43,47). The number of fused-ring (bicyclic) bond motifs is 1. The Balaban J connectivity index is 1.31. The number of anilines is 1. The van der Waals surface area contributed by atoms with Gasteiger partial charge in [-0.15, -0.1) is 0 Å². The average Bonchev–Trinajstić information content (AvgIpc) is 3.69. The summed E-state index contributed by atoms with van der Waals surface area (Å²) in [6, 6.07) is 13.6. The van der Waals surface area contributed by atoms with E-state index in [-0.39, 0.29) is 53.8 Å². The summed E-state index contributed by atoms with van der Waals surface area (Å²) in [6.45, 7) is 9.26. The Hall–Kier alpha value is -5.39. The third-order valence-corrected chi connectivity index (χ3v) is 10.1. The Bertz CT molecular complexity index is 2140. The minimum Gasteiger partial charge on any atom is -0.457 e. The van der Waals surface area contributed by atoms with Gasteiger partial charge in [0.05, 0.1) is 36.9 Å².